The molecule has 1 aliphatic rings. The number of rotatable bonds is 8. The van der Waals surface area contributed by atoms with Gasteiger partial charge in [-0.25, -0.2) is 9.59 Å². The Morgan fingerprint density at radius 2 is 1.77 bits per heavy atom. The zero-order valence-corrected chi connectivity index (χ0v) is 18.2. The first-order chi connectivity index (χ1) is 14.1. The van der Waals surface area contributed by atoms with Crippen LogP contribution >= 0.6 is 0 Å². The summed E-state index contributed by atoms with van der Waals surface area (Å²) < 4.78 is 15.8. The Labute approximate surface area is 176 Å². The highest BCUT2D eigenvalue weighted by Gasteiger charge is 2.30. The molecule has 0 spiro atoms. The number of urea groups is 1. The predicted molar refractivity (Wildman–Crippen MR) is 111 cm³/mol. The van der Waals surface area contributed by atoms with Crippen molar-refractivity contribution in [3.63, 3.8) is 0 Å². The molecule has 0 radical (unpaired) electrons. The van der Waals surface area contributed by atoms with Crippen LogP contribution in [-0.2, 0) is 24.5 Å². The molecule has 30 heavy (non-hydrogen) atoms. The van der Waals surface area contributed by atoms with Crippen LogP contribution in [-0.4, -0.2) is 43.8 Å². The largest absolute Gasteiger partial charge is 0.493 e. The second kappa shape index (κ2) is 10.1. The second-order valence-electron chi connectivity index (χ2n) is 7.97. The second-order valence-corrected chi connectivity index (χ2v) is 7.97. The Kier molecular flexibility index (Phi) is 7.86. The van der Waals surface area contributed by atoms with Crippen LogP contribution in [0.5, 0.6) is 5.75 Å². The topological polar surface area (TPSA) is 103 Å². The van der Waals surface area contributed by atoms with Gasteiger partial charge in [-0.05, 0) is 37.0 Å². The fraction of sp³-hybridized carbons (Fsp3) is 0.500. The van der Waals surface area contributed by atoms with Crippen molar-refractivity contribution >= 4 is 18.0 Å². The van der Waals surface area contributed by atoms with Crippen LogP contribution < -0.4 is 15.4 Å². The van der Waals surface area contributed by atoms with Gasteiger partial charge in [0.15, 0.2) is 0 Å². The summed E-state index contributed by atoms with van der Waals surface area (Å²) in [6.45, 7) is 9.87. The Bertz CT molecular complexity index is 808. The number of nitrogens with one attached hydrogen (secondary N) is 2. The van der Waals surface area contributed by atoms with Gasteiger partial charge in [0.2, 0.25) is 0 Å². The van der Waals surface area contributed by atoms with E-state index in [0.29, 0.717) is 5.75 Å². The first-order valence-corrected chi connectivity index (χ1v) is 9.98. The van der Waals surface area contributed by atoms with Crippen LogP contribution in [0.15, 0.2) is 35.5 Å². The van der Waals surface area contributed by atoms with Crippen molar-refractivity contribution in [3.05, 3.63) is 41.1 Å². The van der Waals surface area contributed by atoms with Gasteiger partial charge in [-0.3, -0.25) is 4.79 Å². The molecule has 0 saturated carbocycles. The van der Waals surface area contributed by atoms with Gasteiger partial charge in [-0.2, -0.15) is 0 Å². The Hall–Kier alpha value is -3.03. The smallest absolute Gasteiger partial charge is 0.338 e. The number of carbonyl (C=O) groups is 3. The van der Waals surface area contributed by atoms with Crippen molar-refractivity contribution in [2.45, 2.75) is 52.5 Å². The van der Waals surface area contributed by atoms with E-state index in [9.17, 15) is 14.4 Å². The van der Waals surface area contributed by atoms with E-state index in [0.717, 1.165) is 0 Å². The lowest BCUT2D eigenvalue weighted by molar-refractivity contribution is -0.144. The fourth-order valence-electron chi connectivity index (χ4n) is 2.92. The molecule has 8 heteroatoms. The molecule has 0 aliphatic carbocycles. The molecule has 2 N–H and O–H groups in total. The van der Waals surface area contributed by atoms with Crippen LogP contribution in [0.25, 0.3) is 0 Å². The van der Waals surface area contributed by atoms with Gasteiger partial charge < -0.3 is 24.8 Å². The molecule has 1 aromatic rings. The first kappa shape index (κ1) is 23.3. The Balaban J connectivity index is 1.87. The molecular formula is C22H30N2O6. The normalized spacial score (nSPS) is 16.4. The number of ether oxygens (including phenoxy) is 3. The number of hydrogen-bond donors (Lipinski definition) is 2. The maximum atomic E-state index is 12.2. The van der Waals surface area contributed by atoms with Crippen LogP contribution in [0.2, 0.25) is 0 Å². The molecule has 0 aromatic heterocycles. The zero-order valence-electron chi connectivity index (χ0n) is 18.2. The van der Waals surface area contributed by atoms with Gasteiger partial charge >= 0.3 is 18.0 Å². The van der Waals surface area contributed by atoms with Crippen molar-refractivity contribution in [3.8, 4) is 5.75 Å². The molecule has 1 heterocycles. The number of benzene rings is 1. The molecule has 1 aliphatic heterocycles. The molecular weight excluding hydrogens is 388 g/mol. The molecule has 0 fully saturated rings. The van der Waals surface area contributed by atoms with Crippen molar-refractivity contribution in [1.82, 2.24) is 10.6 Å². The monoisotopic (exact) mass is 418 g/mol. The Morgan fingerprint density at radius 3 is 2.37 bits per heavy atom. The summed E-state index contributed by atoms with van der Waals surface area (Å²) in [6, 6.07) is 6.72. The van der Waals surface area contributed by atoms with Gasteiger partial charge in [0.05, 0.1) is 36.9 Å². The van der Waals surface area contributed by atoms with Gasteiger partial charge in [-0.1, -0.05) is 32.9 Å². The van der Waals surface area contributed by atoms with Gasteiger partial charge in [-0.15, -0.1) is 0 Å². The van der Waals surface area contributed by atoms with E-state index < -0.39 is 24.0 Å². The quantitative estimate of drug-likeness (QED) is 0.630. The lowest BCUT2D eigenvalue weighted by atomic mass is 9.87. The average molecular weight is 418 g/mol. The average Bonchev–Trinajstić information content (AvgIpc) is 2.65. The van der Waals surface area contributed by atoms with E-state index in [2.05, 4.69) is 31.4 Å². The summed E-state index contributed by atoms with van der Waals surface area (Å²) in [6.07, 6.45) is 0.0325. The minimum atomic E-state index is -0.564. The van der Waals surface area contributed by atoms with E-state index >= 15 is 0 Å². The van der Waals surface area contributed by atoms with Crippen molar-refractivity contribution in [1.29, 1.82) is 0 Å². The minimum Gasteiger partial charge on any atom is -0.493 e. The molecule has 8 nitrogen and oxygen atoms in total. The van der Waals surface area contributed by atoms with E-state index in [1.54, 1.807) is 13.8 Å². The van der Waals surface area contributed by atoms with E-state index in [1.165, 1.54) is 5.56 Å². The highest BCUT2D eigenvalue weighted by Crippen LogP contribution is 2.24. The summed E-state index contributed by atoms with van der Waals surface area (Å²) in [5.41, 5.74) is 1.70. The van der Waals surface area contributed by atoms with Gasteiger partial charge in [0, 0.05) is 0 Å². The molecule has 2 amide bonds. The summed E-state index contributed by atoms with van der Waals surface area (Å²) in [5.74, 6) is -0.398. The molecule has 1 atom stereocenters. The molecule has 0 unspecified atom stereocenters. The third-order valence-electron chi connectivity index (χ3n) is 4.54. The van der Waals surface area contributed by atoms with Crippen LogP contribution in [0.4, 0.5) is 4.79 Å². The number of esters is 2. The SMILES string of the molecule is CCOC(=O)C1=C(COC(=O)CCOc2ccc(C(C)(C)C)cc2)NC(=O)N[C@H]1C. The van der Waals surface area contributed by atoms with Gasteiger partial charge in [0.25, 0.3) is 0 Å². The van der Waals surface area contributed by atoms with E-state index in [4.69, 9.17) is 14.2 Å². The minimum absolute atomic E-state index is 0.0325. The van der Waals surface area contributed by atoms with E-state index in [1.807, 2.05) is 24.3 Å². The van der Waals surface area contributed by atoms with Crippen molar-refractivity contribution < 1.29 is 28.6 Å². The fourth-order valence-corrected chi connectivity index (χ4v) is 2.92. The molecule has 0 saturated heterocycles. The van der Waals surface area contributed by atoms with E-state index in [-0.39, 0.29) is 42.9 Å². The van der Waals surface area contributed by atoms with Crippen LogP contribution in [0.1, 0.15) is 46.6 Å². The maximum absolute atomic E-state index is 12.2. The maximum Gasteiger partial charge on any atom is 0.338 e. The number of hydrogen-bond acceptors (Lipinski definition) is 6. The van der Waals surface area contributed by atoms with Crippen LogP contribution in [0.3, 0.4) is 0 Å². The molecule has 1 aromatic carbocycles. The standard InChI is InChI=1S/C22H30N2O6/c1-6-28-20(26)19-14(2)23-21(27)24-17(19)13-30-18(25)11-12-29-16-9-7-15(8-10-16)22(3,4)5/h7-10,14H,6,11-13H2,1-5H3,(H2,23,24,27)/t14-/m0/s1. The molecule has 0 bridgehead atoms. The third-order valence-corrected chi connectivity index (χ3v) is 4.54. The first-order valence-electron chi connectivity index (χ1n) is 9.98. The third kappa shape index (κ3) is 6.50. The number of amides is 2. The summed E-state index contributed by atoms with van der Waals surface area (Å²) in [4.78, 5) is 35.9. The lowest BCUT2D eigenvalue weighted by Gasteiger charge is -2.26. The van der Waals surface area contributed by atoms with Crippen molar-refractivity contribution in [2.24, 2.45) is 0 Å². The van der Waals surface area contributed by atoms with Gasteiger partial charge in [0.1, 0.15) is 12.4 Å². The molecule has 164 valence electrons. The van der Waals surface area contributed by atoms with Crippen molar-refractivity contribution in [2.75, 3.05) is 19.8 Å². The lowest BCUT2D eigenvalue weighted by Crippen LogP contribution is -2.50. The number of carbonyl (C=O) groups excluding carboxylic acids is 3. The predicted octanol–water partition coefficient (Wildman–Crippen LogP) is 2.81. The summed E-state index contributed by atoms with van der Waals surface area (Å²) in [5, 5.41) is 5.09. The zero-order chi connectivity index (χ0) is 22.3. The highest BCUT2D eigenvalue weighted by molar-refractivity contribution is 5.94. The highest BCUT2D eigenvalue weighted by atomic mass is 16.5. The summed E-state index contributed by atoms with van der Waals surface area (Å²) in [7, 11) is 0. The summed E-state index contributed by atoms with van der Waals surface area (Å²) >= 11 is 0. The van der Waals surface area contributed by atoms with Crippen LogP contribution in [0, 0.1) is 0 Å². The Morgan fingerprint density at radius 1 is 1.10 bits per heavy atom. The molecule has 2 rings (SSSR count).